The zero-order valence-electron chi connectivity index (χ0n) is 15.2. The molecule has 0 saturated heterocycles. The standard InChI is InChI=1S/C15H29N5O6S/c1-8(21)12(15(25)26)20-13(23)9(4-2-3-5-16)19-14(24)10(7-27)18-11(22)6-17/h8-10,12,21,27H,2-7,16-17H2,1H3,(H,18,22)(H,19,24)(H,20,23)(H,25,26). The number of nitrogens with two attached hydrogens (primary N) is 2. The highest BCUT2D eigenvalue weighted by Crippen LogP contribution is 2.04. The van der Waals surface area contributed by atoms with E-state index in [1.165, 1.54) is 6.92 Å². The monoisotopic (exact) mass is 407 g/mol. The zero-order valence-corrected chi connectivity index (χ0v) is 16.1. The predicted molar refractivity (Wildman–Crippen MR) is 101 cm³/mol. The smallest absolute Gasteiger partial charge is 0.328 e. The van der Waals surface area contributed by atoms with Crippen LogP contribution < -0.4 is 27.4 Å². The molecule has 0 radical (unpaired) electrons. The highest BCUT2D eigenvalue weighted by atomic mass is 32.1. The van der Waals surface area contributed by atoms with Gasteiger partial charge in [0, 0.05) is 5.75 Å². The third kappa shape index (κ3) is 9.56. The topological polar surface area (TPSA) is 197 Å². The second-order valence-corrected chi connectivity index (χ2v) is 6.28. The highest BCUT2D eigenvalue weighted by Gasteiger charge is 2.30. The molecular formula is C15H29N5O6S. The predicted octanol–water partition coefficient (Wildman–Crippen LogP) is -3.08. The number of amides is 3. The molecule has 0 rings (SSSR count). The van der Waals surface area contributed by atoms with E-state index in [2.05, 4.69) is 28.6 Å². The second-order valence-electron chi connectivity index (χ2n) is 5.92. The van der Waals surface area contributed by atoms with E-state index in [1.54, 1.807) is 0 Å². The van der Waals surface area contributed by atoms with Crippen LogP contribution in [0.2, 0.25) is 0 Å². The largest absolute Gasteiger partial charge is 0.480 e. The van der Waals surface area contributed by atoms with Gasteiger partial charge in [-0.05, 0) is 32.7 Å². The van der Waals surface area contributed by atoms with Crippen molar-refractivity contribution in [2.24, 2.45) is 11.5 Å². The first-order chi connectivity index (χ1) is 12.7. The molecule has 27 heavy (non-hydrogen) atoms. The molecule has 0 fully saturated rings. The first kappa shape index (κ1) is 25.1. The molecule has 4 atom stereocenters. The van der Waals surface area contributed by atoms with E-state index in [0.717, 1.165) is 0 Å². The van der Waals surface area contributed by atoms with Gasteiger partial charge in [-0.15, -0.1) is 0 Å². The number of carbonyl (C=O) groups is 4. The van der Waals surface area contributed by atoms with Crippen molar-refractivity contribution < 1.29 is 29.4 Å². The molecule has 0 aromatic rings. The van der Waals surface area contributed by atoms with E-state index < -0.39 is 47.9 Å². The lowest BCUT2D eigenvalue weighted by Crippen LogP contribution is -2.58. The molecule has 0 aromatic carbocycles. The van der Waals surface area contributed by atoms with Crippen molar-refractivity contribution >= 4 is 36.3 Å². The van der Waals surface area contributed by atoms with Crippen LogP contribution in [0, 0.1) is 0 Å². The molecule has 0 aliphatic carbocycles. The number of rotatable bonds is 13. The van der Waals surface area contributed by atoms with Crippen LogP contribution in [0.1, 0.15) is 26.2 Å². The molecule has 0 bridgehead atoms. The van der Waals surface area contributed by atoms with E-state index >= 15 is 0 Å². The summed E-state index contributed by atoms with van der Waals surface area (Å²) >= 11 is 3.99. The van der Waals surface area contributed by atoms with Gasteiger partial charge in [0.05, 0.1) is 12.6 Å². The second kappa shape index (κ2) is 13.3. The molecule has 0 heterocycles. The number of nitrogens with one attached hydrogen (secondary N) is 3. The molecule has 11 nitrogen and oxygen atoms in total. The number of unbranched alkanes of at least 4 members (excludes halogenated alkanes) is 1. The number of thiol groups is 1. The average molecular weight is 407 g/mol. The first-order valence-electron chi connectivity index (χ1n) is 8.49. The number of hydrogen-bond acceptors (Lipinski definition) is 8. The van der Waals surface area contributed by atoms with Crippen molar-refractivity contribution in [3.8, 4) is 0 Å². The summed E-state index contributed by atoms with van der Waals surface area (Å²) in [5.74, 6) is -3.43. The molecule has 0 aromatic heterocycles. The fourth-order valence-corrected chi connectivity index (χ4v) is 2.38. The van der Waals surface area contributed by atoms with Crippen molar-refractivity contribution in [3.63, 3.8) is 0 Å². The fourth-order valence-electron chi connectivity index (χ4n) is 2.12. The summed E-state index contributed by atoms with van der Waals surface area (Å²) in [5.41, 5.74) is 10.6. The van der Waals surface area contributed by atoms with E-state index in [1.807, 2.05) is 0 Å². The van der Waals surface area contributed by atoms with Crippen molar-refractivity contribution in [1.29, 1.82) is 0 Å². The number of carbonyl (C=O) groups excluding carboxylic acids is 3. The molecule has 3 amide bonds. The Morgan fingerprint density at radius 3 is 2.04 bits per heavy atom. The van der Waals surface area contributed by atoms with Crippen LogP contribution in [0.4, 0.5) is 0 Å². The maximum atomic E-state index is 12.4. The van der Waals surface area contributed by atoms with Crippen LogP contribution in [-0.2, 0) is 19.2 Å². The van der Waals surface area contributed by atoms with Gasteiger partial charge < -0.3 is 37.6 Å². The number of aliphatic carboxylic acids is 1. The third-order valence-corrected chi connectivity index (χ3v) is 4.01. The minimum absolute atomic E-state index is 0.0276. The van der Waals surface area contributed by atoms with Crippen molar-refractivity contribution in [3.05, 3.63) is 0 Å². The van der Waals surface area contributed by atoms with Crippen molar-refractivity contribution in [1.82, 2.24) is 16.0 Å². The first-order valence-corrected chi connectivity index (χ1v) is 9.13. The van der Waals surface area contributed by atoms with E-state index in [0.29, 0.717) is 19.4 Å². The summed E-state index contributed by atoms with van der Waals surface area (Å²) in [6, 6.07) is -3.60. The Labute approximate surface area is 163 Å². The maximum Gasteiger partial charge on any atom is 0.328 e. The normalized spacial score (nSPS) is 15.1. The number of carboxylic acid groups (broad SMARTS) is 1. The number of hydrogen-bond donors (Lipinski definition) is 8. The van der Waals surface area contributed by atoms with Gasteiger partial charge in [-0.1, -0.05) is 0 Å². The fraction of sp³-hybridized carbons (Fsp3) is 0.733. The van der Waals surface area contributed by atoms with Crippen LogP contribution in [0.25, 0.3) is 0 Å². The van der Waals surface area contributed by atoms with Crippen LogP contribution in [0.15, 0.2) is 0 Å². The number of aliphatic hydroxyl groups excluding tert-OH is 1. The zero-order chi connectivity index (χ0) is 21.0. The minimum atomic E-state index is -1.52. The Morgan fingerprint density at radius 2 is 1.59 bits per heavy atom. The highest BCUT2D eigenvalue weighted by molar-refractivity contribution is 7.80. The van der Waals surface area contributed by atoms with Crippen molar-refractivity contribution in [2.45, 2.75) is 50.4 Å². The molecular weight excluding hydrogens is 378 g/mol. The van der Waals surface area contributed by atoms with E-state index in [-0.39, 0.29) is 18.7 Å². The Balaban J connectivity index is 5.15. The summed E-state index contributed by atoms with van der Waals surface area (Å²) in [6.07, 6.45) is -0.0355. The minimum Gasteiger partial charge on any atom is -0.480 e. The van der Waals surface area contributed by atoms with E-state index in [9.17, 15) is 24.3 Å². The van der Waals surface area contributed by atoms with Crippen LogP contribution in [0.3, 0.4) is 0 Å². The van der Waals surface area contributed by atoms with E-state index in [4.69, 9.17) is 16.6 Å². The summed E-state index contributed by atoms with van der Waals surface area (Å²) in [5, 5.41) is 25.6. The SMILES string of the molecule is CC(O)C(NC(=O)C(CCCCN)NC(=O)C(CS)NC(=O)CN)C(=O)O. The maximum absolute atomic E-state index is 12.4. The van der Waals surface area contributed by atoms with Crippen molar-refractivity contribution in [2.75, 3.05) is 18.8 Å². The van der Waals surface area contributed by atoms with Crippen LogP contribution >= 0.6 is 12.6 Å². The molecule has 4 unspecified atom stereocenters. The van der Waals surface area contributed by atoms with Gasteiger partial charge in [-0.25, -0.2) is 4.79 Å². The molecule has 9 N–H and O–H groups in total. The van der Waals surface area contributed by atoms with Gasteiger partial charge in [0.1, 0.15) is 12.1 Å². The summed E-state index contributed by atoms with van der Waals surface area (Å²) in [6.45, 7) is 1.30. The summed E-state index contributed by atoms with van der Waals surface area (Å²) < 4.78 is 0. The van der Waals surface area contributed by atoms with Gasteiger partial charge >= 0.3 is 5.97 Å². The number of carboxylic acids is 1. The quantitative estimate of drug-likeness (QED) is 0.116. The average Bonchev–Trinajstić information content (AvgIpc) is 2.62. The van der Waals surface area contributed by atoms with Gasteiger partial charge in [0.15, 0.2) is 6.04 Å². The summed E-state index contributed by atoms with van der Waals surface area (Å²) in [7, 11) is 0. The molecule has 0 spiro atoms. The van der Waals surface area contributed by atoms with Gasteiger partial charge in [-0.3, -0.25) is 14.4 Å². The molecule has 156 valence electrons. The van der Waals surface area contributed by atoms with Gasteiger partial charge in [-0.2, -0.15) is 12.6 Å². The molecule has 12 heteroatoms. The molecule has 0 saturated carbocycles. The Morgan fingerprint density at radius 1 is 1.00 bits per heavy atom. The Hall–Kier alpha value is -1.89. The third-order valence-electron chi connectivity index (χ3n) is 3.65. The lowest BCUT2D eigenvalue weighted by Gasteiger charge is -2.24. The molecule has 0 aliphatic rings. The van der Waals surface area contributed by atoms with Crippen LogP contribution in [0.5, 0.6) is 0 Å². The van der Waals surface area contributed by atoms with Gasteiger partial charge in [0.25, 0.3) is 0 Å². The Kier molecular flexibility index (Phi) is 12.4. The van der Waals surface area contributed by atoms with Gasteiger partial charge in [0.2, 0.25) is 17.7 Å². The van der Waals surface area contributed by atoms with Crippen LogP contribution in [-0.4, -0.2) is 77.0 Å². The lowest BCUT2D eigenvalue weighted by molar-refractivity contribution is -0.145. The lowest BCUT2D eigenvalue weighted by atomic mass is 10.1. The Bertz CT molecular complexity index is 519. The summed E-state index contributed by atoms with van der Waals surface area (Å²) in [4.78, 5) is 47.3. The molecule has 0 aliphatic heterocycles. The number of aliphatic hydroxyl groups is 1.